The Hall–Kier alpha value is -4.05. The molecule has 0 radical (unpaired) electrons. The number of aromatic nitrogens is 4. The first-order chi connectivity index (χ1) is 18.6. The molecule has 1 N–H and O–H groups in total. The monoisotopic (exact) mass is 517 g/mol. The molecule has 1 aromatic carbocycles. The van der Waals surface area contributed by atoms with E-state index >= 15 is 0 Å². The molecule has 2 aliphatic heterocycles. The van der Waals surface area contributed by atoms with Gasteiger partial charge in [-0.2, -0.15) is 0 Å². The van der Waals surface area contributed by atoms with Crippen LogP contribution in [0.5, 0.6) is 0 Å². The fraction of sp³-hybridized carbons (Fsp3) is 0.357. The first kappa shape index (κ1) is 25.6. The zero-order valence-corrected chi connectivity index (χ0v) is 21.5. The number of aryl methyl sites for hydroxylation is 1. The van der Waals surface area contributed by atoms with Crippen molar-refractivity contribution in [1.82, 2.24) is 24.9 Å². The molecule has 9 nitrogen and oxygen atoms in total. The van der Waals surface area contributed by atoms with E-state index in [0.29, 0.717) is 13.0 Å². The molecule has 10 heteroatoms. The first-order valence-corrected chi connectivity index (χ1v) is 12.9. The lowest BCUT2D eigenvalue weighted by atomic mass is 10.0. The van der Waals surface area contributed by atoms with E-state index in [2.05, 4.69) is 25.1 Å². The Morgan fingerprint density at radius 3 is 2.74 bits per heavy atom. The summed E-state index contributed by atoms with van der Waals surface area (Å²) in [5.41, 5.74) is 3.75. The first-order valence-electron chi connectivity index (χ1n) is 12.9. The summed E-state index contributed by atoms with van der Waals surface area (Å²) in [4.78, 5) is 23.4. The third kappa shape index (κ3) is 5.91. The second kappa shape index (κ2) is 12.0. The van der Waals surface area contributed by atoms with E-state index in [1.165, 1.54) is 6.07 Å². The van der Waals surface area contributed by atoms with E-state index in [4.69, 9.17) is 9.84 Å². The molecule has 1 atom stereocenters. The minimum atomic E-state index is -0.182. The van der Waals surface area contributed by atoms with E-state index in [1.807, 2.05) is 54.0 Å². The molecule has 0 bridgehead atoms. The number of hydrogen-bond acceptors (Lipinski definition) is 7. The Morgan fingerprint density at radius 1 is 1.08 bits per heavy atom. The summed E-state index contributed by atoms with van der Waals surface area (Å²) in [6, 6.07) is 16.9. The second-order valence-electron chi connectivity index (χ2n) is 9.35. The number of carbonyl (C=O) groups excluding carboxylic acids is 1. The Morgan fingerprint density at radius 2 is 1.92 bits per heavy atom. The standard InChI is InChI=1S/C17H17FN4.C11H15N3O2/c1-12-11-19-16-7-8-17(20-22(12)16)21-9-3-6-15(21)13-4-2-5-14(18)10-13;15-9-12-8-10-2-1-3-11(13-10)14-4-6-16-7-5-14/h2,4-5,7-8,10-11,15H,3,6,9H2,1H3;1-3,9H,4-8H2,(H,12,15)/t15-;/m1./s1. The van der Waals surface area contributed by atoms with Crippen LogP contribution in [0.4, 0.5) is 16.0 Å². The molecule has 0 spiro atoms. The van der Waals surface area contributed by atoms with Gasteiger partial charge in [0.05, 0.1) is 43.4 Å². The van der Waals surface area contributed by atoms with E-state index in [9.17, 15) is 9.18 Å². The highest BCUT2D eigenvalue weighted by molar-refractivity contribution is 5.49. The van der Waals surface area contributed by atoms with Crippen LogP contribution in [0.2, 0.25) is 0 Å². The molecule has 0 saturated carbocycles. The number of hydrogen-bond donors (Lipinski definition) is 1. The van der Waals surface area contributed by atoms with E-state index in [0.717, 1.165) is 79.9 Å². The van der Waals surface area contributed by atoms with Crippen molar-refractivity contribution in [1.29, 1.82) is 0 Å². The molecule has 2 aliphatic rings. The molecule has 38 heavy (non-hydrogen) atoms. The summed E-state index contributed by atoms with van der Waals surface area (Å²) < 4.78 is 20.7. The largest absolute Gasteiger partial charge is 0.378 e. The van der Waals surface area contributed by atoms with Crippen LogP contribution in [0.1, 0.15) is 35.8 Å². The summed E-state index contributed by atoms with van der Waals surface area (Å²) in [5.74, 6) is 1.69. The van der Waals surface area contributed by atoms with Crippen molar-refractivity contribution in [2.45, 2.75) is 32.4 Å². The molecule has 0 aliphatic carbocycles. The Balaban J connectivity index is 0.000000163. The molecule has 2 fully saturated rings. The van der Waals surface area contributed by atoms with Gasteiger partial charge in [0.25, 0.3) is 0 Å². The van der Waals surface area contributed by atoms with E-state index < -0.39 is 0 Å². The minimum absolute atomic E-state index is 0.182. The predicted octanol–water partition coefficient (Wildman–Crippen LogP) is 3.68. The maximum Gasteiger partial charge on any atom is 0.207 e. The van der Waals surface area contributed by atoms with Crippen molar-refractivity contribution in [3.05, 3.63) is 83.6 Å². The van der Waals surface area contributed by atoms with Crippen LogP contribution in [-0.4, -0.2) is 58.8 Å². The minimum Gasteiger partial charge on any atom is -0.378 e. The van der Waals surface area contributed by atoms with Gasteiger partial charge in [-0.3, -0.25) is 4.79 Å². The van der Waals surface area contributed by atoms with Crippen LogP contribution in [0.25, 0.3) is 5.65 Å². The Bertz CT molecular complexity index is 1370. The zero-order chi connectivity index (χ0) is 26.3. The van der Waals surface area contributed by atoms with E-state index in [-0.39, 0.29) is 11.9 Å². The number of amides is 1. The van der Waals surface area contributed by atoms with Crippen LogP contribution in [0.15, 0.2) is 60.8 Å². The normalized spacial score (nSPS) is 17.3. The van der Waals surface area contributed by atoms with Gasteiger partial charge >= 0.3 is 0 Å². The van der Waals surface area contributed by atoms with Gasteiger partial charge < -0.3 is 19.9 Å². The number of morpholine rings is 1. The van der Waals surface area contributed by atoms with Crippen molar-refractivity contribution < 1.29 is 13.9 Å². The zero-order valence-electron chi connectivity index (χ0n) is 21.5. The third-order valence-corrected chi connectivity index (χ3v) is 6.79. The van der Waals surface area contributed by atoms with Crippen molar-refractivity contribution in [3.63, 3.8) is 0 Å². The summed E-state index contributed by atoms with van der Waals surface area (Å²) >= 11 is 0. The molecule has 6 rings (SSSR count). The molecule has 3 aromatic heterocycles. The molecule has 1 amide bonds. The lowest BCUT2D eigenvalue weighted by Gasteiger charge is -2.28. The van der Waals surface area contributed by atoms with Gasteiger partial charge in [-0.25, -0.2) is 18.9 Å². The summed E-state index contributed by atoms with van der Waals surface area (Å²) in [6.07, 6.45) is 4.61. The van der Waals surface area contributed by atoms with Gasteiger partial charge in [-0.05, 0) is 61.7 Å². The van der Waals surface area contributed by atoms with Crippen LogP contribution < -0.4 is 15.1 Å². The highest BCUT2D eigenvalue weighted by atomic mass is 19.1. The van der Waals surface area contributed by atoms with Crippen LogP contribution in [0.3, 0.4) is 0 Å². The highest BCUT2D eigenvalue weighted by Gasteiger charge is 2.27. The molecular formula is C28H32FN7O2. The number of ether oxygens (including phenoxy) is 1. The molecule has 198 valence electrons. The lowest BCUT2D eigenvalue weighted by Crippen LogP contribution is -2.36. The number of nitrogens with zero attached hydrogens (tertiary/aromatic N) is 6. The van der Waals surface area contributed by atoms with Gasteiger partial charge in [0.2, 0.25) is 6.41 Å². The van der Waals surface area contributed by atoms with Gasteiger partial charge in [-0.1, -0.05) is 18.2 Å². The summed E-state index contributed by atoms with van der Waals surface area (Å²) in [7, 11) is 0. The van der Waals surface area contributed by atoms with Gasteiger partial charge in [0.15, 0.2) is 5.65 Å². The lowest BCUT2D eigenvalue weighted by molar-refractivity contribution is -0.109. The highest BCUT2D eigenvalue weighted by Crippen LogP contribution is 2.35. The number of carbonyl (C=O) groups is 1. The average Bonchev–Trinajstić information content (AvgIpc) is 3.60. The smallest absolute Gasteiger partial charge is 0.207 e. The summed E-state index contributed by atoms with van der Waals surface area (Å²) in [5, 5.41) is 7.31. The maximum atomic E-state index is 13.5. The van der Waals surface area contributed by atoms with Crippen molar-refractivity contribution in [3.8, 4) is 0 Å². The number of rotatable bonds is 6. The summed E-state index contributed by atoms with van der Waals surface area (Å²) in [6.45, 7) is 6.64. The Kier molecular flexibility index (Phi) is 8.08. The van der Waals surface area contributed by atoms with Gasteiger partial charge in [0.1, 0.15) is 17.5 Å². The predicted molar refractivity (Wildman–Crippen MR) is 144 cm³/mol. The number of nitrogens with one attached hydrogen (secondary N) is 1. The number of pyridine rings is 1. The average molecular weight is 518 g/mol. The fourth-order valence-corrected chi connectivity index (χ4v) is 4.91. The SMILES string of the molecule is Cc1cnc2ccc(N3CCC[C@@H]3c3cccc(F)c3)nn12.O=CNCc1cccc(N2CCOCC2)n1. The van der Waals surface area contributed by atoms with Gasteiger partial charge in [0, 0.05) is 19.6 Å². The third-order valence-electron chi connectivity index (χ3n) is 6.79. The second-order valence-corrected chi connectivity index (χ2v) is 9.35. The van der Waals surface area contributed by atoms with Crippen LogP contribution >= 0.6 is 0 Å². The fourth-order valence-electron chi connectivity index (χ4n) is 4.91. The Labute approximate surface area is 221 Å². The van der Waals surface area contributed by atoms with Crippen molar-refractivity contribution in [2.75, 3.05) is 42.6 Å². The number of fused-ring (bicyclic) bond motifs is 1. The number of anilines is 2. The molecular weight excluding hydrogens is 485 g/mol. The quantitative estimate of drug-likeness (QED) is 0.391. The maximum absolute atomic E-state index is 13.5. The number of imidazole rings is 1. The molecule has 2 saturated heterocycles. The van der Waals surface area contributed by atoms with Crippen LogP contribution in [-0.2, 0) is 16.1 Å². The topological polar surface area (TPSA) is 87.9 Å². The van der Waals surface area contributed by atoms with E-state index in [1.54, 1.807) is 12.1 Å². The van der Waals surface area contributed by atoms with Gasteiger partial charge in [-0.15, -0.1) is 5.10 Å². The molecule has 4 aromatic rings. The van der Waals surface area contributed by atoms with Crippen molar-refractivity contribution in [2.24, 2.45) is 0 Å². The molecule has 0 unspecified atom stereocenters. The number of benzene rings is 1. The molecule has 5 heterocycles. The van der Waals surface area contributed by atoms with Crippen LogP contribution in [0, 0.1) is 12.7 Å². The van der Waals surface area contributed by atoms with Crippen molar-refractivity contribution >= 4 is 23.7 Å². The number of halogens is 1.